The van der Waals surface area contributed by atoms with Crippen molar-refractivity contribution < 1.29 is 18.7 Å². The predicted octanol–water partition coefficient (Wildman–Crippen LogP) is 2.36. The van der Waals surface area contributed by atoms with E-state index in [1.165, 1.54) is 12.1 Å². The normalized spacial score (nSPS) is 17.3. The van der Waals surface area contributed by atoms with Crippen molar-refractivity contribution in [3.63, 3.8) is 0 Å². The van der Waals surface area contributed by atoms with Crippen LogP contribution >= 0.6 is 0 Å². The van der Waals surface area contributed by atoms with Crippen molar-refractivity contribution in [1.29, 1.82) is 0 Å². The number of nitrogens with zero attached hydrogens (tertiary/aromatic N) is 1. The van der Waals surface area contributed by atoms with Crippen LogP contribution in [0.3, 0.4) is 0 Å². The van der Waals surface area contributed by atoms with Gasteiger partial charge in [-0.25, -0.2) is 9.18 Å². The highest BCUT2D eigenvalue weighted by atomic mass is 19.1. The third-order valence-electron chi connectivity index (χ3n) is 3.54. The van der Waals surface area contributed by atoms with Crippen molar-refractivity contribution in [2.45, 2.75) is 32.7 Å². The first-order valence-corrected chi connectivity index (χ1v) is 7.81. The number of ether oxygens (including phenoxy) is 1. The lowest BCUT2D eigenvalue weighted by molar-refractivity contribution is -0.127. The minimum absolute atomic E-state index is 0.0318. The lowest BCUT2D eigenvalue weighted by Gasteiger charge is -2.16. The SMILES string of the molecule is CCCN1C[C@H](NC(=O)Nc2ccc(OCC)cc2F)CC1=O. The van der Waals surface area contributed by atoms with Crippen molar-refractivity contribution in [1.82, 2.24) is 10.2 Å². The Balaban J connectivity index is 1.89. The zero-order chi connectivity index (χ0) is 16.8. The summed E-state index contributed by atoms with van der Waals surface area (Å²) in [7, 11) is 0. The van der Waals surface area contributed by atoms with E-state index < -0.39 is 11.8 Å². The number of hydrogen-bond acceptors (Lipinski definition) is 3. The molecule has 1 heterocycles. The number of likely N-dealkylation sites (tertiary alicyclic amines) is 1. The van der Waals surface area contributed by atoms with E-state index in [1.807, 2.05) is 13.8 Å². The second kappa shape index (κ2) is 7.80. The molecule has 0 bridgehead atoms. The summed E-state index contributed by atoms with van der Waals surface area (Å²) in [6.45, 7) is 5.42. The third kappa shape index (κ3) is 4.58. The zero-order valence-corrected chi connectivity index (χ0v) is 13.4. The van der Waals surface area contributed by atoms with Gasteiger partial charge in [-0.05, 0) is 25.5 Å². The van der Waals surface area contributed by atoms with Crippen molar-refractivity contribution in [3.8, 4) is 5.75 Å². The molecule has 2 rings (SSSR count). The summed E-state index contributed by atoms with van der Waals surface area (Å²) in [5.41, 5.74) is 0.0701. The number of hydrogen-bond donors (Lipinski definition) is 2. The Kier molecular flexibility index (Phi) is 5.78. The Morgan fingerprint density at radius 3 is 2.87 bits per heavy atom. The monoisotopic (exact) mass is 323 g/mol. The number of anilines is 1. The minimum atomic E-state index is -0.568. The summed E-state index contributed by atoms with van der Waals surface area (Å²) in [5.74, 6) is -0.127. The van der Waals surface area contributed by atoms with Crippen LogP contribution in [-0.2, 0) is 4.79 Å². The number of amides is 3. The summed E-state index contributed by atoms with van der Waals surface area (Å²) in [6.07, 6.45) is 1.15. The Morgan fingerprint density at radius 1 is 1.43 bits per heavy atom. The van der Waals surface area contributed by atoms with Crippen molar-refractivity contribution in [2.24, 2.45) is 0 Å². The van der Waals surface area contributed by atoms with Gasteiger partial charge in [0.15, 0.2) is 0 Å². The van der Waals surface area contributed by atoms with Crippen molar-refractivity contribution >= 4 is 17.6 Å². The first-order chi connectivity index (χ1) is 11.0. The molecule has 1 aliphatic rings. The Hall–Kier alpha value is -2.31. The lowest BCUT2D eigenvalue weighted by Crippen LogP contribution is -2.39. The topological polar surface area (TPSA) is 70.7 Å². The summed E-state index contributed by atoms with van der Waals surface area (Å²) in [4.78, 5) is 25.4. The highest BCUT2D eigenvalue weighted by molar-refractivity contribution is 5.90. The van der Waals surface area contributed by atoms with E-state index >= 15 is 0 Å². The Labute approximate surface area is 135 Å². The van der Waals surface area contributed by atoms with Gasteiger partial charge in [-0.1, -0.05) is 6.92 Å². The van der Waals surface area contributed by atoms with Gasteiger partial charge in [0, 0.05) is 25.6 Å². The standard InChI is InChI=1S/C16H22FN3O3/c1-3-7-20-10-11(8-15(20)21)18-16(22)19-14-6-5-12(23-4-2)9-13(14)17/h5-6,9,11H,3-4,7-8,10H2,1-2H3,(H2,18,19,22)/t11-/m1/s1. The summed E-state index contributed by atoms with van der Waals surface area (Å²) in [6, 6.07) is 3.48. The quantitative estimate of drug-likeness (QED) is 0.844. The van der Waals surface area contributed by atoms with Crippen LogP contribution in [0.2, 0.25) is 0 Å². The highest BCUT2D eigenvalue weighted by Crippen LogP contribution is 2.20. The van der Waals surface area contributed by atoms with Crippen LogP contribution in [-0.4, -0.2) is 42.6 Å². The molecule has 0 aliphatic carbocycles. The smallest absolute Gasteiger partial charge is 0.319 e. The van der Waals surface area contributed by atoms with Gasteiger partial charge >= 0.3 is 6.03 Å². The van der Waals surface area contributed by atoms with Crippen LogP contribution in [0.25, 0.3) is 0 Å². The van der Waals surface area contributed by atoms with E-state index in [4.69, 9.17) is 4.74 Å². The molecule has 23 heavy (non-hydrogen) atoms. The average Bonchev–Trinajstić information content (AvgIpc) is 2.82. The maximum Gasteiger partial charge on any atom is 0.319 e. The minimum Gasteiger partial charge on any atom is -0.494 e. The van der Waals surface area contributed by atoms with E-state index in [1.54, 1.807) is 11.0 Å². The van der Waals surface area contributed by atoms with Crippen molar-refractivity contribution in [3.05, 3.63) is 24.0 Å². The zero-order valence-electron chi connectivity index (χ0n) is 13.4. The molecule has 3 amide bonds. The van der Waals surface area contributed by atoms with Gasteiger partial charge in [-0.15, -0.1) is 0 Å². The molecule has 1 atom stereocenters. The molecule has 1 aromatic carbocycles. The number of carbonyl (C=O) groups excluding carboxylic acids is 2. The van der Waals surface area contributed by atoms with Crippen LogP contribution in [0.15, 0.2) is 18.2 Å². The molecule has 0 saturated carbocycles. The third-order valence-corrected chi connectivity index (χ3v) is 3.54. The fourth-order valence-electron chi connectivity index (χ4n) is 2.55. The molecule has 7 heteroatoms. The van der Waals surface area contributed by atoms with E-state index in [-0.39, 0.29) is 24.1 Å². The van der Waals surface area contributed by atoms with Crippen molar-refractivity contribution in [2.75, 3.05) is 25.0 Å². The van der Waals surface area contributed by atoms with E-state index in [0.29, 0.717) is 25.4 Å². The second-order valence-electron chi connectivity index (χ2n) is 5.41. The first-order valence-electron chi connectivity index (χ1n) is 7.81. The van der Waals surface area contributed by atoms with Crippen LogP contribution in [0.5, 0.6) is 5.75 Å². The number of nitrogens with one attached hydrogen (secondary N) is 2. The Morgan fingerprint density at radius 2 is 2.22 bits per heavy atom. The molecule has 0 radical (unpaired) electrons. The molecule has 0 spiro atoms. The molecule has 1 aliphatic heterocycles. The largest absolute Gasteiger partial charge is 0.494 e. The number of benzene rings is 1. The van der Waals surface area contributed by atoms with Crippen LogP contribution in [0.4, 0.5) is 14.9 Å². The molecule has 6 nitrogen and oxygen atoms in total. The van der Waals surface area contributed by atoms with Gasteiger partial charge in [-0.2, -0.15) is 0 Å². The van der Waals surface area contributed by atoms with Gasteiger partial charge in [-0.3, -0.25) is 4.79 Å². The summed E-state index contributed by atoms with van der Waals surface area (Å²) >= 11 is 0. The number of halogens is 1. The van der Waals surface area contributed by atoms with Gasteiger partial charge in [0.2, 0.25) is 5.91 Å². The number of carbonyl (C=O) groups is 2. The van der Waals surface area contributed by atoms with Crippen LogP contribution < -0.4 is 15.4 Å². The van der Waals surface area contributed by atoms with Crippen LogP contribution in [0, 0.1) is 5.82 Å². The summed E-state index contributed by atoms with van der Waals surface area (Å²) < 4.78 is 19.1. The molecule has 126 valence electrons. The molecule has 1 aromatic rings. The lowest BCUT2D eigenvalue weighted by atomic mass is 10.2. The fraction of sp³-hybridized carbons (Fsp3) is 0.500. The van der Waals surface area contributed by atoms with Gasteiger partial charge in [0.1, 0.15) is 11.6 Å². The molecular weight excluding hydrogens is 301 g/mol. The van der Waals surface area contributed by atoms with E-state index in [0.717, 1.165) is 6.42 Å². The molecule has 1 fully saturated rings. The van der Waals surface area contributed by atoms with Gasteiger partial charge in [0.05, 0.1) is 18.3 Å². The van der Waals surface area contributed by atoms with E-state index in [2.05, 4.69) is 10.6 Å². The molecule has 0 unspecified atom stereocenters. The molecular formula is C16H22FN3O3. The Bertz CT molecular complexity index is 580. The summed E-state index contributed by atoms with van der Waals surface area (Å²) in [5, 5.41) is 5.16. The van der Waals surface area contributed by atoms with Gasteiger partial charge in [0.25, 0.3) is 0 Å². The number of urea groups is 1. The van der Waals surface area contributed by atoms with E-state index in [9.17, 15) is 14.0 Å². The van der Waals surface area contributed by atoms with Crippen LogP contribution in [0.1, 0.15) is 26.7 Å². The molecule has 2 N–H and O–H groups in total. The molecule has 0 aromatic heterocycles. The average molecular weight is 323 g/mol. The highest BCUT2D eigenvalue weighted by Gasteiger charge is 2.29. The predicted molar refractivity (Wildman–Crippen MR) is 85.0 cm³/mol. The maximum absolute atomic E-state index is 13.9. The fourth-order valence-corrected chi connectivity index (χ4v) is 2.55. The number of rotatable bonds is 6. The first kappa shape index (κ1) is 17.1. The maximum atomic E-state index is 13.9. The molecule has 1 saturated heterocycles. The second-order valence-corrected chi connectivity index (χ2v) is 5.41. The van der Waals surface area contributed by atoms with Gasteiger partial charge < -0.3 is 20.3 Å².